The molecule has 1 fully saturated rings. The van der Waals surface area contributed by atoms with Crippen LogP contribution in [0.4, 0.5) is 11.4 Å². The zero-order chi connectivity index (χ0) is 17.3. The molecular formula is C18H18ClN3O2. The average molecular weight is 344 g/mol. The minimum atomic E-state index is -0.595. The summed E-state index contributed by atoms with van der Waals surface area (Å²) in [5.41, 5.74) is 8.24. The first-order valence-electron chi connectivity index (χ1n) is 7.69. The second kappa shape index (κ2) is 6.53. The quantitative estimate of drug-likeness (QED) is 0.896. The van der Waals surface area contributed by atoms with Gasteiger partial charge in [0.25, 0.3) is 0 Å². The van der Waals surface area contributed by atoms with Crippen molar-refractivity contribution in [2.75, 3.05) is 16.8 Å². The smallest absolute Gasteiger partial charge is 0.250 e. The lowest BCUT2D eigenvalue weighted by molar-refractivity contribution is -0.117. The number of nitrogens with one attached hydrogen (secondary N) is 1. The van der Waals surface area contributed by atoms with E-state index in [1.165, 1.54) is 0 Å². The highest BCUT2D eigenvalue weighted by atomic mass is 35.5. The highest BCUT2D eigenvalue weighted by Gasteiger charge is 2.32. The number of primary amides is 1. The first-order chi connectivity index (χ1) is 11.5. The van der Waals surface area contributed by atoms with Gasteiger partial charge in [-0.25, -0.2) is 0 Å². The van der Waals surface area contributed by atoms with Crippen molar-refractivity contribution >= 4 is 34.8 Å². The zero-order valence-corrected chi connectivity index (χ0v) is 14.0. The highest BCUT2D eigenvalue weighted by Crippen LogP contribution is 2.26. The van der Waals surface area contributed by atoms with Gasteiger partial charge in [-0.3, -0.25) is 9.59 Å². The van der Waals surface area contributed by atoms with E-state index in [-0.39, 0.29) is 17.5 Å². The van der Waals surface area contributed by atoms with Gasteiger partial charge in [0.15, 0.2) is 0 Å². The molecule has 1 heterocycles. The highest BCUT2D eigenvalue weighted by molar-refractivity contribution is 6.33. The van der Waals surface area contributed by atoms with Crippen molar-refractivity contribution in [3.05, 3.63) is 58.6 Å². The molecule has 1 aliphatic rings. The SMILES string of the molecule is Cc1ccc(N2CCC(Nc3ccc(Cl)c(C(N)=O)c3)C2=O)cc1. The molecule has 124 valence electrons. The van der Waals surface area contributed by atoms with Crippen molar-refractivity contribution in [2.45, 2.75) is 19.4 Å². The van der Waals surface area contributed by atoms with Crippen LogP contribution in [0.3, 0.4) is 0 Å². The van der Waals surface area contributed by atoms with Crippen LogP contribution < -0.4 is 16.0 Å². The maximum Gasteiger partial charge on any atom is 0.250 e. The van der Waals surface area contributed by atoms with Crippen LogP contribution in [0.25, 0.3) is 0 Å². The van der Waals surface area contributed by atoms with Crippen molar-refractivity contribution in [1.29, 1.82) is 0 Å². The number of aryl methyl sites for hydroxylation is 1. The Hall–Kier alpha value is -2.53. The molecule has 0 saturated carbocycles. The molecular weight excluding hydrogens is 326 g/mol. The summed E-state index contributed by atoms with van der Waals surface area (Å²) in [6, 6.07) is 12.4. The number of hydrogen-bond acceptors (Lipinski definition) is 3. The molecule has 1 atom stereocenters. The molecule has 0 spiro atoms. The van der Waals surface area contributed by atoms with Crippen LogP contribution in [0.2, 0.25) is 5.02 Å². The first kappa shape index (κ1) is 16.3. The number of halogens is 1. The molecule has 0 aliphatic carbocycles. The molecule has 2 aromatic carbocycles. The fourth-order valence-corrected chi connectivity index (χ4v) is 3.01. The molecule has 1 saturated heterocycles. The molecule has 0 radical (unpaired) electrons. The van der Waals surface area contributed by atoms with Crippen LogP contribution >= 0.6 is 11.6 Å². The van der Waals surface area contributed by atoms with E-state index in [0.29, 0.717) is 23.7 Å². The van der Waals surface area contributed by atoms with Gasteiger partial charge in [0.2, 0.25) is 11.8 Å². The van der Waals surface area contributed by atoms with E-state index in [9.17, 15) is 9.59 Å². The Kier molecular flexibility index (Phi) is 4.44. The Morgan fingerprint density at radius 2 is 1.96 bits per heavy atom. The molecule has 0 bridgehead atoms. The Morgan fingerprint density at radius 3 is 2.62 bits per heavy atom. The van der Waals surface area contributed by atoms with E-state index in [1.54, 1.807) is 23.1 Å². The fraction of sp³-hybridized carbons (Fsp3) is 0.222. The third-order valence-electron chi connectivity index (χ3n) is 4.12. The van der Waals surface area contributed by atoms with Crippen LogP contribution in [0.1, 0.15) is 22.3 Å². The van der Waals surface area contributed by atoms with Crippen molar-refractivity contribution in [2.24, 2.45) is 5.73 Å². The summed E-state index contributed by atoms with van der Waals surface area (Å²) in [7, 11) is 0. The van der Waals surface area contributed by atoms with Gasteiger partial charge in [-0.2, -0.15) is 0 Å². The van der Waals surface area contributed by atoms with Gasteiger partial charge in [0, 0.05) is 17.9 Å². The van der Waals surface area contributed by atoms with Crippen LogP contribution in [0.15, 0.2) is 42.5 Å². The van der Waals surface area contributed by atoms with Gasteiger partial charge in [-0.05, 0) is 43.7 Å². The topological polar surface area (TPSA) is 75.4 Å². The van der Waals surface area contributed by atoms with Gasteiger partial charge in [0.1, 0.15) is 6.04 Å². The van der Waals surface area contributed by atoms with Crippen LogP contribution in [0, 0.1) is 6.92 Å². The molecule has 5 nitrogen and oxygen atoms in total. The summed E-state index contributed by atoms with van der Waals surface area (Å²) in [6.45, 7) is 2.66. The van der Waals surface area contributed by atoms with E-state index in [4.69, 9.17) is 17.3 Å². The number of amides is 2. The minimum Gasteiger partial charge on any atom is -0.374 e. The zero-order valence-electron chi connectivity index (χ0n) is 13.3. The van der Waals surface area contributed by atoms with Gasteiger partial charge in [0.05, 0.1) is 10.6 Å². The monoisotopic (exact) mass is 343 g/mol. The summed E-state index contributed by atoms with van der Waals surface area (Å²) < 4.78 is 0. The van der Waals surface area contributed by atoms with Crippen molar-refractivity contribution in [1.82, 2.24) is 0 Å². The molecule has 3 rings (SSSR count). The van der Waals surface area contributed by atoms with E-state index < -0.39 is 5.91 Å². The molecule has 6 heteroatoms. The predicted octanol–water partition coefficient (Wildman–Crippen LogP) is 2.96. The fourth-order valence-electron chi connectivity index (χ4n) is 2.80. The van der Waals surface area contributed by atoms with Gasteiger partial charge in [-0.1, -0.05) is 29.3 Å². The summed E-state index contributed by atoms with van der Waals surface area (Å²) in [4.78, 5) is 25.8. The molecule has 0 aromatic heterocycles. The van der Waals surface area contributed by atoms with Crippen molar-refractivity contribution in [3.8, 4) is 0 Å². The second-order valence-corrected chi connectivity index (χ2v) is 6.28. The lowest BCUT2D eigenvalue weighted by Crippen LogP contribution is -2.33. The van der Waals surface area contributed by atoms with Gasteiger partial charge >= 0.3 is 0 Å². The van der Waals surface area contributed by atoms with Crippen LogP contribution in [-0.2, 0) is 4.79 Å². The third-order valence-corrected chi connectivity index (χ3v) is 4.45. The molecule has 1 unspecified atom stereocenters. The maximum atomic E-state index is 12.6. The first-order valence-corrected chi connectivity index (χ1v) is 8.07. The Bertz CT molecular complexity index is 789. The van der Waals surface area contributed by atoms with Crippen LogP contribution in [-0.4, -0.2) is 24.4 Å². The lowest BCUT2D eigenvalue weighted by atomic mass is 10.1. The van der Waals surface area contributed by atoms with Crippen LogP contribution in [0.5, 0.6) is 0 Å². The number of carbonyl (C=O) groups excluding carboxylic acids is 2. The molecule has 24 heavy (non-hydrogen) atoms. The Labute approximate surface area is 145 Å². The average Bonchev–Trinajstić information content (AvgIpc) is 2.91. The number of nitrogens with zero attached hydrogens (tertiary/aromatic N) is 1. The number of rotatable bonds is 4. The summed E-state index contributed by atoms with van der Waals surface area (Å²) in [5.74, 6) is -0.586. The number of hydrogen-bond donors (Lipinski definition) is 2. The third kappa shape index (κ3) is 3.21. The predicted molar refractivity (Wildman–Crippen MR) is 95.5 cm³/mol. The van der Waals surface area contributed by atoms with E-state index in [0.717, 1.165) is 11.3 Å². The standard InChI is InChI=1S/C18H18ClN3O2/c1-11-2-5-13(6-3-11)22-9-8-16(18(22)24)21-12-4-7-15(19)14(10-12)17(20)23/h2-7,10,16,21H,8-9H2,1H3,(H2,20,23). The van der Waals surface area contributed by atoms with E-state index in [1.807, 2.05) is 31.2 Å². The van der Waals surface area contributed by atoms with E-state index in [2.05, 4.69) is 5.32 Å². The van der Waals surface area contributed by atoms with E-state index >= 15 is 0 Å². The normalized spacial score (nSPS) is 17.2. The largest absolute Gasteiger partial charge is 0.374 e. The summed E-state index contributed by atoms with van der Waals surface area (Å²) in [5, 5.41) is 3.46. The summed E-state index contributed by atoms with van der Waals surface area (Å²) >= 11 is 5.95. The van der Waals surface area contributed by atoms with Gasteiger partial charge in [-0.15, -0.1) is 0 Å². The Balaban J connectivity index is 1.75. The Morgan fingerprint density at radius 1 is 1.25 bits per heavy atom. The number of nitrogens with two attached hydrogens (primary N) is 1. The number of carbonyl (C=O) groups is 2. The molecule has 2 amide bonds. The summed E-state index contributed by atoms with van der Waals surface area (Å²) in [6.07, 6.45) is 0.682. The lowest BCUT2D eigenvalue weighted by Gasteiger charge is -2.18. The van der Waals surface area contributed by atoms with Gasteiger partial charge < -0.3 is 16.0 Å². The minimum absolute atomic E-state index is 0.00873. The molecule has 1 aliphatic heterocycles. The number of benzene rings is 2. The number of anilines is 2. The van der Waals surface area contributed by atoms with Crippen molar-refractivity contribution < 1.29 is 9.59 Å². The maximum absolute atomic E-state index is 12.6. The van der Waals surface area contributed by atoms with Crippen molar-refractivity contribution in [3.63, 3.8) is 0 Å². The second-order valence-electron chi connectivity index (χ2n) is 5.87. The molecule has 2 aromatic rings. The molecule has 3 N–H and O–H groups in total.